The Morgan fingerprint density at radius 2 is 1.82 bits per heavy atom. The molecule has 1 nitrogen and oxygen atoms in total. The minimum atomic E-state index is 0.601. The molecule has 0 aliphatic rings. The summed E-state index contributed by atoms with van der Waals surface area (Å²) in [5, 5.41) is 0. The molecule has 0 saturated heterocycles. The van der Waals surface area contributed by atoms with Crippen molar-refractivity contribution in [2.24, 2.45) is 5.92 Å². The molecule has 96 valence electrons. The Labute approximate surface area is 114 Å². The Balaban J connectivity index is 2.75. The summed E-state index contributed by atoms with van der Waals surface area (Å²) in [6.07, 6.45) is 2.31. The number of benzene rings is 1. The number of aryl methyl sites for hydroxylation is 3. The first kappa shape index (κ1) is 14.6. The number of methoxy groups -OCH3 is 1. The number of rotatable bonds is 5. The summed E-state index contributed by atoms with van der Waals surface area (Å²) in [7, 11) is 1.73. The van der Waals surface area contributed by atoms with Gasteiger partial charge in [0.2, 0.25) is 0 Å². The number of hydrogen-bond donors (Lipinski definition) is 0. The van der Waals surface area contributed by atoms with Crippen molar-refractivity contribution in [1.29, 1.82) is 0 Å². The molecule has 0 saturated carbocycles. The molecule has 0 aromatic heterocycles. The summed E-state index contributed by atoms with van der Waals surface area (Å²) in [6, 6.07) is 4.40. The molecule has 0 N–H and O–H groups in total. The van der Waals surface area contributed by atoms with Gasteiger partial charge in [-0.3, -0.25) is 0 Å². The maximum Gasteiger partial charge on any atom is 0.122 e. The Bertz CT molecular complexity index is 371. The van der Waals surface area contributed by atoms with E-state index in [9.17, 15) is 0 Å². The van der Waals surface area contributed by atoms with Gasteiger partial charge >= 0.3 is 0 Å². The molecule has 0 radical (unpaired) electrons. The van der Waals surface area contributed by atoms with Crippen LogP contribution in [0, 0.1) is 19.8 Å². The zero-order valence-corrected chi connectivity index (χ0v) is 13.1. The molecule has 1 unspecified atom stereocenters. The van der Waals surface area contributed by atoms with Crippen LogP contribution in [0.2, 0.25) is 0 Å². The maximum absolute atomic E-state index is 5.34. The largest absolute Gasteiger partial charge is 0.496 e. The van der Waals surface area contributed by atoms with E-state index < -0.39 is 0 Å². The fraction of sp³-hybridized carbons (Fsp3) is 0.600. The van der Waals surface area contributed by atoms with Gasteiger partial charge in [-0.05, 0) is 55.4 Å². The van der Waals surface area contributed by atoms with E-state index in [0.717, 1.165) is 12.2 Å². The van der Waals surface area contributed by atoms with Crippen molar-refractivity contribution in [3.05, 3.63) is 28.8 Å². The van der Waals surface area contributed by atoms with Crippen molar-refractivity contribution < 1.29 is 4.74 Å². The van der Waals surface area contributed by atoms with Crippen LogP contribution >= 0.6 is 15.9 Å². The van der Waals surface area contributed by atoms with Gasteiger partial charge in [0.1, 0.15) is 5.75 Å². The molecule has 0 spiro atoms. The summed E-state index contributed by atoms with van der Waals surface area (Å²) >= 11 is 3.75. The number of hydrogen-bond acceptors (Lipinski definition) is 1. The van der Waals surface area contributed by atoms with Crippen LogP contribution in [0.15, 0.2) is 12.1 Å². The third-order valence-corrected chi connectivity index (χ3v) is 4.78. The second kappa shape index (κ2) is 6.44. The Kier molecular flexibility index (Phi) is 5.51. The van der Waals surface area contributed by atoms with Gasteiger partial charge in [-0.25, -0.2) is 0 Å². The Morgan fingerprint density at radius 1 is 1.18 bits per heavy atom. The molecule has 2 heteroatoms. The fourth-order valence-corrected chi connectivity index (χ4v) is 2.19. The van der Waals surface area contributed by atoms with E-state index >= 15 is 0 Å². The topological polar surface area (TPSA) is 9.23 Å². The molecular formula is C15H23BrO. The van der Waals surface area contributed by atoms with Gasteiger partial charge in [0.15, 0.2) is 0 Å². The number of ether oxygens (including phenoxy) is 1. The third kappa shape index (κ3) is 4.02. The SMILES string of the molecule is COc1cc(C)c(CCC(Br)C(C)C)cc1C. The van der Waals surface area contributed by atoms with Crippen LogP contribution < -0.4 is 4.74 Å². The third-order valence-electron chi connectivity index (χ3n) is 3.27. The van der Waals surface area contributed by atoms with Crippen LogP contribution in [-0.2, 0) is 6.42 Å². The van der Waals surface area contributed by atoms with Crippen molar-refractivity contribution in [3.8, 4) is 5.75 Å². The first-order valence-electron chi connectivity index (χ1n) is 6.24. The van der Waals surface area contributed by atoms with E-state index in [1.165, 1.54) is 23.1 Å². The molecule has 0 aliphatic carbocycles. The van der Waals surface area contributed by atoms with Crippen LogP contribution in [0.5, 0.6) is 5.75 Å². The van der Waals surface area contributed by atoms with Crippen molar-refractivity contribution in [2.75, 3.05) is 7.11 Å². The van der Waals surface area contributed by atoms with E-state index in [-0.39, 0.29) is 0 Å². The second-order valence-electron chi connectivity index (χ2n) is 5.05. The predicted octanol–water partition coefficient (Wildman–Crippen LogP) is 4.66. The van der Waals surface area contributed by atoms with Crippen LogP contribution in [0.4, 0.5) is 0 Å². The van der Waals surface area contributed by atoms with E-state index in [2.05, 4.69) is 55.8 Å². The highest BCUT2D eigenvalue weighted by molar-refractivity contribution is 9.09. The highest BCUT2D eigenvalue weighted by Crippen LogP contribution is 2.25. The summed E-state index contributed by atoms with van der Waals surface area (Å²) in [6.45, 7) is 8.78. The molecule has 17 heavy (non-hydrogen) atoms. The lowest BCUT2D eigenvalue weighted by atomic mass is 9.97. The summed E-state index contributed by atoms with van der Waals surface area (Å²) in [5.41, 5.74) is 3.99. The summed E-state index contributed by atoms with van der Waals surface area (Å²) in [4.78, 5) is 0.601. The van der Waals surface area contributed by atoms with Crippen LogP contribution in [0.3, 0.4) is 0 Å². The first-order valence-corrected chi connectivity index (χ1v) is 7.15. The lowest BCUT2D eigenvalue weighted by Crippen LogP contribution is -2.08. The van der Waals surface area contributed by atoms with Crippen molar-refractivity contribution >= 4 is 15.9 Å². The molecule has 0 amide bonds. The molecule has 0 fully saturated rings. The quantitative estimate of drug-likeness (QED) is 0.718. The van der Waals surface area contributed by atoms with Gasteiger partial charge in [-0.1, -0.05) is 35.8 Å². The molecule has 0 aliphatic heterocycles. The van der Waals surface area contributed by atoms with E-state index in [4.69, 9.17) is 4.74 Å². The van der Waals surface area contributed by atoms with Crippen molar-refractivity contribution in [2.45, 2.75) is 45.4 Å². The minimum absolute atomic E-state index is 0.601. The fourth-order valence-electron chi connectivity index (χ4n) is 1.97. The average Bonchev–Trinajstić information content (AvgIpc) is 2.29. The molecule has 1 rings (SSSR count). The highest BCUT2D eigenvalue weighted by atomic mass is 79.9. The van der Waals surface area contributed by atoms with Crippen LogP contribution in [0.25, 0.3) is 0 Å². The molecule has 0 bridgehead atoms. The zero-order valence-electron chi connectivity index (χ0n) is 11.5. The van der Waals surface area contributed by atoms with Crippen molar-refractivity contribution in [3.63, 3.8) is 0 Å². The highest BCUT2D eigenvalue weighted by Gasteiger charge is 2.11. The van der Waals surface area contributed by atoms with Gasteiger partial charge in [0, 0.05) is 4.83 Å². The van der Waals surface area contributed by atoms with Gasteiger partial charge in [0.25, 0.3) is 0 Å². The van der Waals surface area contributed by atoms with Crippen LogP contribution in [0.1, 0.15) is 37.0 Å². The first-order chi connectivity index (χ1) is 7.95. The van der Waals surface area contributed by atoms with Gasteiger partial charge in [0.05, 0.1) is 7.11 Å². The molecule has 1 aromatic carbocycles. The minimum Gasteiger partial charge on any atom is -0.496 e. The molecular weight excluding hydrogens is 276 g/mol. The van der Waals surface area contributed by atoms with E-state index in [0.29, 0.717) is 10.7 Å². The van der Waals surface area contributed by atoms with Crippen molar-refractivity contribution in [1.82, 2.24) is 0 Å². The average molecular weight is 299 g/mol. The monoisotopic (exact) mass is 298 g/mol. The van der Waals surface area contributed by atoms with Gasteiger partial charge in [-0.2, -0.15) is 0 Å². The van der Waals surface area contributed by atoms with Gasteiger partial charge in [-0.15, -0.1) is 0 Å². The molecule has 1 atom stereocenters. The van der Waals surface area contributed by atoms with E-state index in [1.54, 1.807) is 7.11 Å². The lowest BCUT2D eigenvalue weighted by molar-refractivity contribution is 0.411. The Morgan fingerprint density at radius 3 is 2.35 bits per heavy atom. The number of alkyl halides is 1. The summed E-state index contributed by atoms with van der Waals surface area (Å²) < 4.78 is 5.34. The van der Waals surface area contributed by atoms with Crippen LogP contribution in [-0.4, -0.2) is 11.9 Å². The molecule has 1 aromatic rings. The smallest absolute Gasteiger partial charge is 0.122 e. The lowest BCUT2D eigenvalue weighted by Gasteiger charge is -2.15. The second-order valence-corrected chi connectivity index (χ2v) is 6.22. The number of halogens is 1. The normalized spacial score (nSPS) is 12.9. The van der Waals surface area contributed by atoms with Gasteiger partial charge < -0.3 is 4.74 Å². The molecule has 0 heterocycles. The predicted molar refractivity (Wildman–Crippen MR) is 78.3 cm³/mol. The summed E-state index contributed by atoms with van der Waals surface area (Å²) in [5.74, 6) is 1.68. The van der Waals surface area contributed by atoms with E-state index in [1.807, 2.05) is 0 Å². The standard InChI is InChI=1S/C15H23BrO/c1-10(2)14(16)7-6-13-8-12(4)15(17-5)9-11(13)3/h8-10,14H,6-7H2,1-5H3. The maximum atomic E-state index is 5.34. The zero-order chi connectivity index (χ0) is 13.0. The Hall–Kier alpha value is -0.500.